The standard InChI is InChI=1S/C6H5NO2.C5H5.F6P.Fe/c8-7(9)6-4-2-1-3-5-6;1-2-4-5-3-1;1-7(2,3,4,5)6;/h1-5H;1-5H;;/q;;-1;+2. The maximum absolute atomic E-state index is 10.7. The summed E-state index contributed by atoms with van der Waals surface area (Å²) in [7, 11) is -10.7. The number of nitro benzene ring substituents is 1. The van der Waals surface area contributed by atoms with Gasteiger partial charge < -0.3 is 0 Å². The maximum atomic E-state index is 10.0. The third-order valence-electron chi connectivity index (χ3n) is 1.52. The van der Waals surface area contributed by atoms with Crippen LogP contribution in [0.15, 0.2) is 30.3 Å². The van der Waals surface area contributed by atoms with Crippen LogP contribution in [0.1, 0.15) is 0 Å². The predicted molar refractivity (Wildman–Crippen MR) is 68.2 cm³/mol. The van der Waals surface area contributed by atoms with Gasteiger partial charge in [-0.15, -0.1) is 0 Å². The van der Waals surface area contributed by atoms with Gasteiger partial charge in [-0.25, -0.2) is 0 Å². The Morgan fingerprint density at radius 2 is 1.05 bits per heavy atom. The fourth-order valence-electron chi connectivity index (χ4n) is 0.870. The molecule has 0 aliphatic heterocycles. The fourth-order valence-corrected chi connectivity index (χ4v) is 0.870. The Balaban J connectivity index is 0. The smallest absolute Gasteiger partial charge is 0.258 e. The minimum atomic E-state index is -10.7. The first-order valence-corrected chi connectivity index (χ1v) is 7.21. The first kappa shape index (κ1) is 23.4. The van der Waals surface area contributed by atoms with Crippen molar-refractivity contribution >= 4 is 13.5 Å². The van der Waals surface area contributed by atoms with Crippen LogP contribution in [-0.4, -0.2) is 4.92 Å². The van der Waals surface area contributed by atoms with E-state index in [4.69, 9.17) is 0 Å². The molecule has 22 heavy (non-hydrogen) atoms. The van der Waals surface area contributed by atoms with Gasteiger partial charge in [0.05, 0.1) is 4.92 Å². The monoisotopic (exact) mass is 389 g/mol. The van der Waals surface area contributed by atoms with E-state index in [-0.39, 0.29) is 22.8 Å². The van der Waals surface area contributed by atoms with Crippen molar-refractivity contribution in [3.63, 3.8) is 0 Å². The van der Waals surface area contributed by atoms with Crippen LogP contribution in [0.25, 0.3) is 0 Å². The zero-order valence-electron chi connectivity index (χ0n) is 10.6. The average Bonchev–Trinajstić information content (AvgIpc) is 2.84. The maximum Gasteiger partial charge on any atom is 2.00 e. The molecule has 5 radical (unpaired) electrons. The zero-order chi connectivity index (χ0) is 16.6. The van der Waals surface area contributed by atoms with Crippen molar-refractivity contribution in [1.82, 2.24) is 0 Å². The van der Waals surface area contributed by atoms with E-state index in [2.05, 4.69) is 0 Å². The topological polar surface area (TPSA) is 43.1 Å². The van der Waals surface area contributed by atoms with Crippen molar-refractivity contribution < 1.29 is 47.2 Å². The van der Waals surface area contributed by atoms with Crippen molar-refractivity contribution in [1.29, 1.82) is 0 Å². The van der Waals surface area contributed by atoms with E-state index >= 15 is 0 Å². The number of hydrogen-bond donors (Lipinski definition) is 0. The van der Waals surface area contributed by atoms with Crippen LogP contribution >= 0.6 is 7.81 Å². The Labute approximate surface area is 133 Å². The first-order chi connectivity index (χ1) is 9.25. The van der Waals surface area contributed by atoms with Crippen LogP contribution in [0.2, 0.25) is 0 Å². The number of nitrogens with zero attached hydrogens (tertiary/aromatic N) is 1. The van der Waals surface area contributed by atoms with Crippen molar-refractivity contribution in [3.8, 4) is 0 Å². The van der Waals surface area contributed by atoms with E-state index < -0.39 is 12.7 Å². The molecule has 125 valence electrons. The van der Waals surface area contributed by atoms with Crippen LogP contribution in [0.5, 0.6) is 0 Å². The van der Waals surface area contributed by atoms with Crippen molar-refractivity contribution in [2.75, 3.05) is 0 Å². The number of nitro groups is 1. The summed E-state index contributed by atoms with van der Waals surface area (Å²) in [5.74, 6) is 0. The molecule has 0 spiro atoms. The van der Waals surface area contributed by atoms with Gasteiger partial charge in [-0.2, -0.15) is 0 Å². The van der Waals surface area contributed by atoms with Gasteiger partial charge in [0.15, 0.2) is 0 Å². The molecule has 1 aromatic carbocycles. The van der Waals surface area contributed by atoms with E-state index in [0.29, 0.717) is 0 Å². The quantitative estimate of drug-likeness (QED) is 0.195. The van der Waals surface area contributed by atoms with E-state index in [1.807, 2.05) is 32.1 Å². The van der Waals surface area contributed by atoms with Crippen LogP contribution in [0, 0.1) is 42.2 Å². The number of para-hydroxylation sites is 1. The van der Waals surface area contributed by atoms with E-state index in [1.54, 1.807) is 18.2 Å². The van der Waals surface area contributed by atoms with Gasteiger partial charge in [0, 0.05) is 12.1 Å². The van der Waals surface area contributed by atoms with Crippen molar-refractivity contribution in [2.45, 2.75) is 0 Å². The van der Waals surface area contributed by atoms with Gasteiger partial charge >= 0.3 is 50.1 Å². The molecule has 0 heterocycles. The van der Waals surface area contributed by atoms with Crippen LogP contribution in [0.4, 0.5) is 30.9 Å². The summed E-state index contributed by atoms with van der Waals surface area (Å²) in [6.07, 6.45) is 10.0. The van der Waals surface area contributed by atoms with Gasteiger partial charge in [0.25, 0.3) is 5.69 Å². The third-order valence-corrected chi connectivity index (χ3v) is 1.52. The van der Waals surface area contributed by atoms with E-state index in [9.17, 15) is 35.3 Å². The van der Waals surface area contributed by atoms with Gasteiger partial charge in [0.1, 0.15) is 0 Å². The fraction of sp³-hybridized carbons (Fsp3) is 0. The van der Waals surface area contributed by atoms with Crippen LogP contribution in [-0.2, 0) is 17.1 Å². The Bertz CT molecular complexity index is 431. The molecule has 1 aliphatic carbocycles. The van der Waals surface area contributed by atoms with Crippen molar-refractivity contribution in [3.05, 3.63) is 72.6 Å². The SMILES string of the molecule is F[P-](F)(F)(F)(F)F.O=[N+]([O-])c1ccccc1.[CH]1[CH][CH][CH][CH]1.[Fe+2]. The molecule has 2 rings (SSSR count). The summed E-state index contributed by atoms with van der Waals surface area (Å²) < 4.78 is 59.2. The number of rotatable bonds is 1. The Morgan fingerprint density at radius 3 is 1.23 bits per heavy atom. The Morgan fingerprint density at radius 1 is 0.773 bits per heavy atom. The van der Waals surface area contributed by atoms with E-state index in [0.717, 1.165) is 0 Å². The summed E-state index contributed by atoms with van der Waals surface area (Å²) in [4.78, 5) is 9.59. The largest absolute Gasteiger partial charge is 2.00 e. The molecule has 1 saturated carbocycles. The predicted octanol–water partition coefficient (Wildman–Crippen LogP) is 6.00. The summed E-state index contributed by atoms with van der Waals surface area (Å²) >= 11 is 0. The molecule has 0 N–H and O–H groups in total. The van der Waals surface area contributed by atoms with Gasteiger partial charge in [-0.3, -0.25) is 10.1 Å². The molecule has 3 nitrogen and oxygen atoms in total. The third kappa shape index (κ3) is 24.2. The average molecular weight is 389 g/mol. The number of halogens is 6. The second-order valence-electron chi connectivity index (χ2n) is 3.51. The van der Waals surface area contributed by atoms with Gasteiger partial charge in [-0.05, 0) is 32.1 Å². The number of benzene rings is 1. The number of non-ortho nitro benzene ring substituents is 1. The van der Waals surface area contributed by atoms with Crippen LogP contribution < -0.4 is 0 Å². The molecule has 0 atom stereocenters. The molecule has 0 amide bonds. The number of hydrogen-bond acceptors (Lipinski definition) is 2. The van der Waals surface area contributed by atoms with Gasteiger partial charge in [0.2, 0.25) is 0 Å². The van der Waals surface area contributed by atoms with E-state index in [1.165, 1.54) is 12.1 Å². The molecular weight excluding hydrogens is 379 g/mol. The van der Waals surface area contributed by atoms with Gasteiger partial charge in [-0.1, -0.05) is 18.2 Å². The second kappa shape index (κ2) is 8.13. The molecule has 11 heteroatoms. The summed E-state index contributed by atoms with van der Waals surface area (Å²) in [5.41, 5.74) is 0.137. The summed E-state index contributed by atoms with van der Waals surface area (Å²) in [6, 6.07) is 7.93. The molecule has 1 aromatic rings. The zero-order valence-corrected chi connectivity index (χ0v) is 12.6. The summed E-state index contributed by atoms with van der Waals surface area (Å²) in [6.45, 7) is 0. The molecule has 0 aromatic heterocycles. The molecule has 1 fully saturated rings. The molecule has 0 saturated heterocycles. The molecule has 0 bridgehead atoms. The van der Waals surface area contributed by atoms with Crippen molar-refractivity contribution in [2.24, 2.45) is 0 Å². The second-order valence-corrected chi connectivity index (χ2v) is 5.43. The Kier molecular flexibility index (Phi) is 8.65. The van der Waals surface area contributed by atoms with Crippen LogP contribution in [0.3, 0.4) is 0 Å². The molecular formula is C11H10F6FeNO2P+. The first-order valence-electron chi connectivity index (χ1n) is 5.18. The Hall–Kier alpha value is -0.851. The normalized spacial score (nSPS) is 16.5. The molecule has 1 aliphatic rings. The molecule has 0 unspecified atom stereocenters. The summed E-state index contributed by atoms with van der Waals surface area (Å²) in [5, 5.41) is 10.0. The minimum Gasteiger partial charge on any atom is -0.258 e. The minimum absolute atomic E-state index is 0.